The van der Waals surface area contributed by atoms with Gasteiger partial charge in [0, 0.05) is 24.2 Å². The molecule has 1 atom stereocenters. The number of nitrogens with two attached hydrogens (primary N) is 1. The molecule has 0 bridgehead atoms. The number of H-pyrrole nitrogens is 1. The number of Topliss-reactive ketones (excluding diaryl/α,β-unsaturated/α-hetero) is 1. The second kappa shape index (κ2) is 7.17. The summed E-state index contributed by atoms with van der Waals surface area (Å²) < 4.78 is 0. The maximum atomic E-state index is 11.4. The lowest BCUT2D eigenvalue weighted by Crippen LogP contribution is -2.35. The molecular formula is C11H21N3O. The van der Waals surface area contributed by atoms with Crippen LogP contribution in [0.25, 0.3) is 0 Å². The molecular weight excluding hydrogens is 190 g/mol. The van der Waals surface area contributed by atoms with Gasteiger partial charge in [0.05, 0.1) is 12.4 Å². The molecule has 4 nitrogen and oxygen atoms in total. The monoisotopic (exact) mass is 211 g/mol. The van der Waals surface area contributed by atoms with Crippen LogP contribution in [0.15, 0.2) is 12.5 Å². The van der Waals surface area contributed by atoms with E-state index < -0.39 is 6.04 Å². The summed E-state index contributed by atoms with van der Waals surface area (Å²) in [6.45, 7) is 7.71. The first kappa shape index (κ1) is 13.8. The molecule has 0 aromatic carbocycles. The molecule has 15 heavy (non-hydrogen) atoms. The molecule has 0 amide bonds. The second-order valence-corrected chi connectivity index (χ2v) is 3.44. The summed E-state index contributed by atoms with van der Waals surface area (Å²) in [5.41, 5.74) is 6.62. The van der Waals surface area contributed by atoms with Crippen molar-refractivity contribution in [2.75, 3.05) is 0 Å². The summed E-state index contributed by atoms with van der Waals surface area (Å²) >= 11 is 0. The van der Waals surface area contributed by atoms with Gasteiger partial charge in [-0.3, -0.25) is 4.79 Å². The number of imidazole rings is 1. The number of hydrogen-bond acceptors (Lipinski definition) is 3. The lowest BCUT2D eigenvalue weighted by atomic mass is 9.99. The first-order valence-electron chi connectivity index (χ1n) is 5.38. The van der Waals surface area contributed by atoms with Crippen molar-refractivity contribution in [3.05, 3.63) is 18.2 Å². The van der Waals surface area contributed by atoms with Crippen LogP contribution in [0.2, 0.25) is 0 Å². The van der Waals surface area contributed by atoms with Crippen LogP contribution in [0.1, 0.15) is 33.4 Å². The molecule has 0 spiro atoms. The van der Waals surface area contributed by atoms with Crippen LogP contribution >= 0.6 is 0 Å². The van der Waals surface area contributed by atoms with Crippen molar-refractivity contribution < 1.29 is 4.79 Å². The summed E-state index contributed by atoms with van der Waals surface area (Å²) in [6, 6.07) is -0.416. The largest absolute Gasteiger partial charge is 0.348 e. The van der Waals surface area contributed by atoms with Gasteiger partial charge in [0.2, 0.25) is 0 Å². The zero-order valence-electron chi connectivity index (χ0n) is 9.95. The van der Waals surface area contributed by atoms with Gasteiger partial charge in [-0.1, -0.05) is 27.7 Å². The third-order valence-corrected chi connectivity index (χ3v) is 1.93. The average molecular weight is 211 g/mol. The Balaban J connectivity index is 0.000000921. The summed E-state index contributed by atoms with van der Waals surface area (Å²) in [6.07, 6.45) is 3.81. The second-order valence-electron chi connectivity index (χ2n) is 3.44. The van der Waals surface area contributed by atoms with Crippen LogP contribution in [-0.2, 0) is 11.2 Å². The maximum absolute atomic E-state index is 11.4. The Bertz CT molecular complexity index is 267. The van der Waals surface area contributed by atoms with Gasteiger partial charge >= 0.3 is 0 Å². The minimum absolute atomic E-state index is 0.00192. The fourth-order valence-corrected chi connectivity index (χ4v) is 1.16. The number of carbonyl (C=O) groups excluding carboxylic acids is 1. The highest BCUT2D eigenvalue weighted by molar-refractivity contribution is 5.85. The van der Waals surface area contributed by atoms with Crippen LogP contribution in [0.3, 0.4) is 0 Å². The molecule has 0 aliphatic heterocycles. The molecule has 1 aromatic heterocycles. The zero-order valence-corrected chi connectivity index (χ0v) is 9.95. The quantitative estimate of drug-likeness (QED) is 0.793. The normalized spacial score (nSPS) is 11.9. The minimum atomic E-state index is -0.416. The smallest absolute Gasteiger partial charge is 0.152 e. The number of hydrogen-bond donors (Lipinski definition) is 2. The number of nitrogens with zero attached hydrogens (tertiary/aromatic N) is 1. The lowest BCUT2D eigenvalue weighted by molar-refractivity contribution is -0.123. The zero-order chi connectivity index (χ0) is 11.8. The Kier molecular flexibility index (Phi) is 6.62. The molecule has 0 saturated carbocycles. The van der Waals surface area contributed by atoms with Crippen LogP contribution in [0, 0.1) is 5.92 Å². The lowest BCUT2D eigenvalue weighted by Gasteiger charge is -2.11. The van der Waals surface area contributed by atoms with E-state index >= 15 is 0 Å². The van der Waals surface area contributed by atoms with Gasteiger partial charge in [-0.2, -0.15) is 0 Å². The number of aromatic nitrogens is 2. The molecule has 1 aromatic rings. The Labute approximate surface area is 91.3 Å². The van der Waals surface area contributed by atoms with E-state index in [1.54, 1.807) is 12.5 Å². The Morgan fingerprint density at radius 3 is 2.53 bits per heavy atom. The molecule has 0 radical (unpaired) electrons. The first-order valence-corrected chi connectivity index (χ1v) is 5.38. The van der Waals surface area contributed by atoms with E-state index in [-0.39, 0.29) is 11.7 Å². The number of aromatic amines is 1. The van der Waals surface area contributed by atoms with Gasteiger partial charge < -0.3 is 10.7 Å². The van der Waals surface area contributed by atoms with Crippen LogP contribution < -0.4 is 5.73 Å². The number of rotatable bonds is 4. The van der Waals surface area contributed by atoms with Gasteiger partial charge in [-0.15, -0.1) is 0 Å². The highest BCUT2D eigenvalue weighted by Crippen LogP contribution is 2.03. The van der Waals surface area contributed by atoms with Crippen molar-refractivity contribution in [3.8, 4) is 0 Å². The maximum Gasteiger partial charge on any atom is 0.152 e. The third kappa shape index (κ3) is 4.74. The summed E-state index contributed by atoms with van der Waals surface area (Å²) in [4.78, 5) is 18.2. The average Bonchev–Trinajstić information content (AvgIpc) is 2.72. The van der Waals surface area contributed by atoms with Crippen LogP contribution in [0.5, 0.6) is 0 Å². The highest BCUT2D eigenvalue weighted by atomic mass is 16.1. The molecule has 4 heteroatoms. The van der Waals surface area contributed by atoms with Crippen molar-refractivity contribution in [2.24, 2.45) is 11.7 Å². The van der Waals surface area contributed by atoms with Gasteiger partial charge in [0.1, 0.15) is 0 Å². The van der Waals surface area contributed by atoms with Gasteiger partial charge in [-0.25, -0.2) is 4.98 Å². The Hall–Kier alpha value is -1.16. The first-order chi connectivity index (χ1) is 7.11. The molecule has 0 fully saturated rings. The molecule has 1 rings (SSSR count). The molecule has 0 aliphatic rings. The number of ketones is 1. The molecule has 1 unspecified atom stereocenters. The van der Waals surface area contributed by atoms with E-state index in [2.05, 4.69) is 9.97 Å². The number of nitrogens with one attached hydrogen (secondary N) is 1. The van der Waals surface area contributed by atoms with Gasteiger partial charge in [0.15, 0.2) is 5.78 Å². The van der Waals surface area contributed by atoms with Crippen molar-refractivity contribution in [3.63, 3.8) is 0 Å². The van der Waals surface area contributed by atoms with E-state index in [1.165, 1.54) is 0 Å². The molecule has 0 saturated heterocycles. The van der Waals surface area contributed by atoms with Crippen LogP contribution in [-0.4, -0.2) is 21.8 Å². The highest BCUT2D eigenvalue weighted by Gasteiger charge is 2.17. The Morgan fingerprint density at radius 1 is 1.53 bits per heavy atom. The number of carbonyl (C=O) groups is 1. The van der Waals surface area contributed by atoms with E-state index in [9.17, 15) is 4.79 Å². The van der Waals surface area contributed by atoms with Crippen molar-refractivity contribution in [2.45, 2.75) is 40.2 Å². The van der Waals surface area contributed by atoms with Gasteiger partial charge in [-0.05, 0) is 0 Å². The van der Waals surface area contributed by atoms with E-state index in [0.29, 0.717) is 6.42 Å². The fraction of sp³-hybridized carbons (Fsp3) is 0.636. The topological polar surface area (TPSA) is 71.8 Å². The van der Waals surface area contributed by atoms with Crippen molar-refractivity contribution in [1.82, 2.24) is 9.97 Å². The predicted octanol–water partition coefficient (Wildman–Crippen LogP) is 1.53. The SMILES string of the molecule is CC.CC(C)C(=O)C(N)Cc1cnc[nH]1. The minimum Gasteiger partial charge on any atom is -0.348 e. The molecule has 1 heterocycles. The van der Waals surface area contributed by atoms with E-state index in [0.717, 1.165) is 5.69 Å². The fourth-order valence-electron chi connectivity index (χ4n) is 1.16. The van der Waals surface area contributed by atoms with E-state index in [4.69, 9.17) is 5.73 Å². The van der Waals surface area contributed by atoms with Gasteiger partial charge in [0.25, 0.3) is 0 Å². The van der Waals surface area contributed by atoms with E-state index in [1.807, 2.05) is 27.7 Å². The molecule has 3 N–H and O–H groups in total. The Morgan fingerprint density at radius 2 is 2.13 bits per heavy atom. The predicted molar refractivity (Wildman–Crippen MR) is 61.5 cm³/mol. The van der Waals surface area contributed by atoms with Crippen molar-refractivity contribution in [1.29, 1.82) is 0 Å². The molecule has 86 valence electrons. The summed E-state index contributed by atoms with van der Waals surface area (Å²) in [5.74, 6) is 0.0903. The standard InChI is InChI=1S/C9H15N3O.C2H6/c1-6(2)9(13)8(10)3-7-4-11-5-12-7;1-2/h4-6,8H,3,10H2,1-2H3,(H,11,12);1-2H3. The molecule has 0 aliphatic carbocycles. The van der Waals surface area contributed by atoms with Crippen molar-refractivity contribution >= 4 is 5.78 Å². The summed E-state index contributed by atoms with van der Waals surface area (Å²) in [7, 11) is 0. The third-order valence-electron chi connectivity index (χ3n) is 1.93. The van der Waals surface area contributed by atoms with Crippen LogP contribution in [0.4, 0.5) is 0 Å². The summed E-state index contributed by atoms with van der Waals surface area (Å²) in [5, 5.41) is 0.